The highest BCUT2D eigenvalue weighted by atomic mass is 32.2. The van der Waals surface area contributed by atoms with E-state index in [1.807, 2.05) is 20.8 Å². The molecule has 1 heterocycles. The molecule has 1 N–H and O–H groups in total. The van der Waals surface area contributed by atoms with Gasteiger partial charge in [0.05, 0.1) is 5.92 Å². The Morgan fingerprint density at radius 2 is 2.00 bits per heavy atom. The fourth-order valence-electron chi connectivity index (χ4n) is 2.12. The van der Waals surface area contributed by atoms with Crippen molar-refractivity contribution in [2.24, 2.45) is 5.92 Å². The maximum Gasteiger partial charge on any atom is 0.281 e. The van der Waals surface area contributed by atoms with Crippen molar-refractivity contribution in [2.45, 2.75) is 45.6 Å². The van der Waals surface area contributed by atoms with Crippen LogP contribution in [0.3, 0.4) is 0 Å². The van der Waals surface area contributed by atoms with Gasteiger partial charge in [0.25, 0.3) is 10.2 Å². The SMILES string of the molecule is CCC(C)(C)NC(=O)[C@@H]1CCCN(S(=O)(=O)N(C)C)C1. The topological polar surface area (TPSA) is 69.7 Å². The van der Waals surface area contributed by atoms with E-state index in [0.717, 1.165) is 19.3 Å². The van der Waals surface area contributed by atoms with E-state index in [1.165, 1.54) is 22.7 Å². The van der Waals surface area contributed by atoms with E-state index in [1.54, 1.807) is 0 Å². The Labute approximate surface area is 122 Å². The van der Waals surface area contributed by atoms with Gasteiger partial charge in [-0.15, -0.1) is 0 Å². The molecule has 6 nitrogen and oxygen atoms in total. The first kappa shape index (κ1) is 17.4. The molecule has 1 fully saturated rings. The molecule has 0 radical (unpaired) electrons. The van der Waals surface area contributed by atoms with E-state index in [-0.39, 0.29) is 23.9 Å². The van der Waals surface area contributed by atoms with Crippen molar-refractivity contribution in [3.8, 4) is 0 Å². The summed E-state index contributed by atoms with van der Waals surface area (Å²) in [5.74, 6) is -0.306. The number of carbonyl (C=O) groups excluding carboxylic acids is 1. The van der Waals surface area contributed by atoms with Crippen molar-refractivity contribution in [3.63, 3.8) is 0 Å². The molecule has 0 aliphatic carbocycles. The number of rotatable bonds is 5. The van der Waals surface area contributed by atoms with Gasteiger partial charge in [-0.05, 0) is 33.1 Å². The molecule has 118 valence electrons. The third-order valence-corrected chi connectivity index (χ3v) is 5.80. The van der Waals surface area contributed by atoms with Gasteiger partial charge < -0.3 is 5.32 Å². The van der Waals surface area contributed by atoms with E-state index >= 15 is 0 Å². The standard InChI is InChI=1S/C13H27N3O3S/c1-6-13(2,3)14-12(17)11-8-7-9-16(10-11)20(18,19)15(4)5/h11H,6-10H2,1-5H3,(H,14,17)/t11-/m1/s1. The molecule has 1 amide bonds. The number of nitrogens with one attached hydrogen (secondary N) is 1. The summed E-state index contributed by atoms with van der Waals surface area (Å²) < 4.78 is 26.8. The highest BCUT2D eigenvalue weighted by molar-refractivity contribution is 7.86. The van der Waals surface area contributed by atoms with Crippen LogP contribution < -0.4 is 5.32 Å². The van der Waals surface area contributed by atoms with Crippen molar-refractivity contribution in [3.05, 3.63) is 0 Å². The van der Waals surface area contributed by atoms with Gasteiger partial charge in [-0.2, -0.15) is 17.0 Å². The van der Waals surface area contributed by atoms with Crippen LogP contribution in [0.15, 0.2) is 0 Å². The second-order valence-corrected chi connectivity index (χ2v) is 8.36. The number of carbonyl (C=O) groups is 1. The summed E-state index contributed by atoms with van der Waals surface area (Å²) in [7, 11) is -0.403. The second kappa shape index (κ2) is 6.41. The van der Waals surface area contributed by atoms with Crippen LogP contribution in [0.25, 0.3) is 0 Å². The number of nitrogens with zero attached hydrogens (tertiary/aromatic N) is 2. The summed E-state index contributed by atoms with van der Waals surface area (Å²) in [6.45, 7) is 6.72. The Bertz CT molecular complexity index is 446. The lowest BCUT2D eigenvalue weighted by Gasteiger charge is -2.34. The lowest BCUT2D eigenvalue weighted by Crippen LogP contribution is -2.52. The van der Waals surface area contributed by atoms with Gasteiger partial charge in [0.2, 0.25) is 5.91 Å². The molecule has 0 bridgehead atoms. The van der Waals surface area contributed by atoms with Crippen LogP contribution in [0, 0.1) is 5.92 Å². The van der Waals surface area contributed by atoms with Crippen LogP contribution in [-0.2, 0) is 15.0 Å². The number of hydrogen-bond donors (Lipinski definition) is 1. The third-order valence-electron chi connectivity index (χ3n) is 3.89. The molecule has 1 atom stereocenters. The average molecular weight is 305 g/mol. The van der Waals surface area contributed by atoms with Crippen molar-refractivity contribution in [2.75, 3.05) is 27.2 Å². The maximum absolute atomic E-state index is 12.3. The predicted octanol–water partition coefficient (Wildman–Crippen LogP) is 0.810. The van der Waals surface area contributed by atoms with E-state index in [0.29, 0.717) is 6.54 Å². The summed E-state index contributed by atoms with van der Waals surface area (Å²) in [5, 5.41) is 3.00. The van der Waals surface area contributed by atoms with Crippen molar-refractivity contribution in [1.82, 2.24) is 13.9 Å². The minimum atomic E-state index is -3.43. The van der Waals surface area contributed by atoms with Crippen LogP contribution in [0.4, 0.5) is 0 Å². The van der Waals surface area contributed by atoms with Gasteiger partial charge in [0.1, 0.15) is 0 Å². The summed E-state index contributed by atoms with van der Waals surface area (Å²) in [6.07, 6.45) is 2.30. The normalized spacial score (nSPS) is 22.0. The molecule has 0 aromatic heterocycles. The number of hydrogen-bond acceptors (Lipinski definition) is 3. The van der Waals surface area contributed by atoms with Crippen LogP contribution in [0.5, 0.6) is 0 Å². The van der Waals surface area contributed by atoms with Gasteiger partial charge in [0, 0.05) is 32.7 Å². The Morgan fingerprint density at radius 1 is 1.40 bits per heavy atom. The summed E-state index contributed by atoms with van der Waals surface area (Å²) in [4.78, 5) is 12.3. The third kappa shape index (κ3) is 4.17. The second-order valence-electron chi connectivity index (χ2n) is 6.21. The largest absolute Gasteiger partial charge is 0.351 e. The summed E-state index contributed by atoms with van der Waals surface area (Å²) in [6, 6.07) is 0. The first-order valence-corrected chi connectivity index (χ1v) is 8.49. The maximum atomic E-state index is 12.3. The van der Waals surface area contributed by atoms with Crippen molar-refractivity contribution in [1.29, 1.82) is 0 Å². The molecule has 0 aromatic rings. The molecule has 1 rings (SSSR count). The first-order chi connectivity index (χ1) is 9.10. The van der Waals surface area contributed by atoms with Gasteiger partial charge in [0.15, 0.2) is 0 Å². The van der Waals surface area contributed by atoms with Gasteiger partial charge in [-0.25, -0.2) is 0 Å². The van der Waals surface area contributed by atoms with Gasteiger partial charge in [-0.3, -0.25) is 4.79 Å². The molecular weight excluding hydrogens is 278 g/mol. The molecule has 0 saturated carbocycles. The highest BCUT2D eigenvalue weighted by Crippen LogP contribution is 2.21. The predicted molar refractivity (Wildman–Crippen MR) is 79.4 cm³/mol. The molecule has 7 heteroatoms. The highest BCUT2D eigenvalue weighted by Gasteiger charge is 2.34. The first-order valence-electron chi connectivity index (χ1n) is 7.10. The monoisotopic (exact) mass is 305 g/mol. The quantitative estimate of drug-likeness (QED) is 0.817. The molecule has 1 saturated heterocycles. The minimum Gasteiger partial charge on any atom is -0.351 e. The van der Waals surface area contributed by atoms with Crippen molar-refractivity contribution < 1.29 is 13.2 Å². The molecule has 0 aromatic carbocycles. The average Bonchev–Trinajstić information content (AvgIpc) is 2.38. The zero-order chi connectivity index (χ0) is 15.6. The lowest BCUT2D eigenvalue weighted by atomic mass is 9.95. The smallest absolute Gasteiger partial charge is 0.281 e. The number of amides is 1. The zero-order valence-electron chi connectivity index (χ0n) is 13.1. The van der Waals surface area contributed by atoms with Crippen LogP contribution in [0.1, 0.15) is 40.0 Å². The van der Waals surface area contributed by atoms with Gasteiger partial charge in [-0.1, -0.05) is 6.92 Å². The molecule has 0 spiro atoms. The summed E-state index contributed by atoms with van der Waals surface area (Å²) in [5.41, 5.74) is -0.250. The molecule has 1 aliphatic rings. The zero-order valence-corrected chi connectivity index (χ0v) is 14.0. The Kier molecular flexibility index (Phi) is 5.57. The Morgan fingerprint density at radius 3 is 2.50 bits per heavy atom. The number of piperidine rings is 1. The fourth-order valence-corrected chi connectivity index (χ4v) is 3.31. The van der Waals surface area contributed by atoms with Crippen molar-refractivity contribution >= 4 is 16.1 Å². The van der Waals surface area contributed by atoms with E-state index in [9.17, 15) is 13.2 Å². The van der Waals surface area contributed by atoms with Gasteiger partial charge >= 0.3 is 0 Å². The fraction of sp³-hybridized carbons (Fsp3) is 0.923. The lowest BCUT2D eigenvalue weighted by molar-refractivity contribution is -0.127. The van der Waals surface area contributed by atoms with Crippen LogP contribution in [-0.4, -0.2) is 55.7 Å². The van der Waals surface area contributed by atoms with E-state index < -0.39 is 10.2 Å². The minimum absolute atomic E-state index is 0.0458. The summed E-state index contributed by atoms with van der Waals surface area (Å²) >= 11 is 0. The van der Waals surface area contributed by atoms with Crippen LogP contribution in [0.2, 0.25) is 0 Å². The Hall–Kier alpha value is -0.660. The molecule has 20 heavy (non-hydrogen) atoms. The molecule has 0 unspecified atom stereocenters. The molecule has 1 aliphatic heterocycles. The molecular formula is C13H27N3O3S. The Balaban J connectivity index is 2.73. The van der Waals surface area contributed by atoms with Crippen LogP contribution >= 0.6 is 0 Å². The van der Waals surface area contributed by atoms with E-state index in [4.69, 9.17) is 0 Å². The van der Waals surface area contributed by atoms with E-state index in [2.05, 4.69) is 5.32 Å².